The van der Waals surface area contributed by atoms with E-state index in [4.69, 9.17) is 4.74 Å². The van der Waals surface area contributed by atoms with Gasteiger partial charge in [-0.1, -0.05) is 20.8 Å². The molecule has 0 amide bonds. The van der Waals surface area contributed by atoms with Crippen molar-refractivity contribution in [2.24, 2.45) is 5.92 Å². The normalized spacial score (nSPS) is 35.3. The lowest BCUT2D eigenvalue weighted by Crippen LogP contribution is -2.45. The fourth-order valence-electron chi connectivity index (χ4n) is 1.60. The van der Waals surface area contributed by atoms with Crippen LogP contribution in [0.5, 0.6) is 0 Å². The third-order valence-corrected chi connectivity index (χ3v) is 2.67. The third-order valence-electron chi connectivity index (χ3n) is 2.67. The van der Waals surface area contributed by atoms with Gasteiger partial charge in [-0.25, -0.2) is 0 Å². The highest BCUT2D eigenvalue weighted by atomic mass is 16.5. The molecule has 1 aliphatic heterocycles. The van der Waals surface area contributed by atoms with Crippen LogP contribution < -0.4 is 5.32 Å². The Morgan fingerprint density at radius 3 is 2.85 bits per heavy atom. The van der Waals surface area contributed by atoms with Crippen molar-refractivity contribution < 1.29 is 9.84 Å². The van der Waals surface area contributed by atoms with E-state index in [0.717, 1.165) is 13.0 Å². The molecule has 0 radical (unpaired) electrons. The highest BCUT2D eigenvalue weighted by molar-refractivity contribution is 4.80. The molecular formula is C10H21NO2. The molecule has 1 saturated heterocycles. The topological polar surface area (TPSA) is 41.5 Å². The molecule has 2 N–H and O–H groups in total. The molecule has 3 nitrogen and oxygen atoms in total. The summed E-state index contributed by atoms with van der Waals surface area (Å²) in [4.78, 5) is 0. The zero-order chi connectivity index (χ0) is 9.84. The second-order valence-corrected chi connectivity index (χ2v) is 4.19. The zero-order valence-electron chi connectivity index (χ0n) is 8.79. The van der Waals surface area contributed by atoms with Crippen molar-refractivity contribution in [2.75, 3.05) is 13.2 Å². The summed E-state index contributed by atoms with van der Waals surface area (Å²) < 4.78 is 5.59. The summed E-state index contributed by atoms with van der Waals surface area (Å²) in [5.74, 6) is 0.250. The van der Waals surface area contributed by atoms with Gasteiger partial charge in [0, 0.05) is 25.1 Å². The molecule has 1 heterocycles. The van der Waals surface area contributed by atoms with Gasteiger partial charge in [-0.3, -0.25) is 0 Å². The van der Waals surface area contributed by atoms with Crippen molar-refractivity contribution in [3.8, 4) is 0 Å². The molecule has 0 aliphatic carbocycles. The molecule has 0 aromatic heterocycles. The van der Waals surface area contributed by atoms with Gasteiger partial charge in [0.25, 0.3) is 0 Å². The molecule has 13 heavy (non-hydrogen) atoms. The van der Waals surface area contributed by atoms with Crippen molar-refractivity contribution in [2.45, 2.75) is 45.4 Å². The predicted octanol–water partition coefficient (Wildman–Crippen LogP) is 0.770. The molecule has 3 atom stereocenters. The number of nitrogens with one attached hydrogen (secondary N) is 1. The Balaban J connectivity index is 2.31. The fourth-order valence-corrected chi connectivity index (χ4v) is 1.60. The highest BCUT2D eigenvalue weighted by Gasteiger charge is 2.28. The van der Waals surface area contributed by atoms with Gasteiger partial charge in [0.15, 0.2) is 0 Å². The van der Waals surface area contributed by atoms with E-state index in [0.29, 0.717) is 12.6 Å². The summed E-state index contributed by atoms with van der Waals surface area (Å²) in [7, 11) is 0. The van der Waals surface area contributed by atoms with Crippen LogP contribution in [0.3, 0.4) is 0 Å². The van der Waals surface area contributed by atoms with Crippen molar-refractivity contribution >= 4 is 0 Å². The molecular weight excluding hydrogens is 166 g/mol. The largest absolute Gasteiger partial charge is 0.393 e. The van der Waals surface area contributed by atoms with Gasteiger partial charge in [-0.15, -0.1) is 0 Å². The average molecular weight is 187 g/mol. The van der Waals surface area contributed by atoms with E-state index in [1.165, 1.54) is 0 Å². The van der Waals surface area contributed by atoms with E-state index >= 15 is 0 Å². The van der Waals surface area contributed by atoms with E-state index in [2.05, 4.69) is 26.1 Å². The summed E-state index contributed by atoms with van der Waals surface area (Å²) in [6.07, 6.45) is 0.762. The maximum absolute atomic E-state index is 9.61. The molecule has 3 unspecified atom stereocenters. The van der Waals surface area contributed by atoms with Crippen LogP contribution in [0.1, 0.15) is 27.2 Å². The van der Waals surface area contributed by atoms with Crippen LogP contribution in [-0.4, -0.2) is 36.5 Å². The van der Waals surface area contributed by atoms with Crippen LogP contribution in [0.25, 0.3) is 0 Å². The SMILES string of the molecule is CC(C)NCC1OCCC(O)C1C. The van der Waals surface area contributed by atoms with Gasteiger partial charge in [0.2, 0.25) is 0 Å². The number of rotatable bonds is 3. The standard InChI is InChI=1S/C10H21NO2/c1-7(2)11-6-10-8(3)9(12)4-5-13-10/h7-12H,4-6H2,1-3H3. The second-order valence-electron chi connectivity index (χ2n) is 4.19. The lowest BCUT2D eigenvalue weighted by molar-refractivity contribution is -0.0840. The van der Waals surface area contributed by atoms with Gasteiger partial charge < -0.3 is 15.2 Å². The first-order chi connectivity index (χ1) is 6.11. The van der Waals surface area contributed by atoms with E-state index in [9.17, 15) is 5.11 Å². The molecule has 1 fully saturated rings. The van der Waals surface area contributed by atoms with Crippen LogP contribution in [0.15, 0.2) is 0 Å². The number of aliphatic hydroxyl groups is 1. The summed E-state index contributed by atoms with van der Waals surface area (Å²) in [6, 6.07) is 0.481. The number of aliphatic hydroxyl groups excluding tert-OH is 1. The first-order valence-corrected chi connectivity index (χ1v) is 5.14. The van der Waals surface area contributed by atoms with E-state index < -0.39 is 0 Å². The molecule has 1 rings (SSSR count). The van der Waals surface area contributed by atoms with Gasteiger partial charge in [-0.05, 0) is 6.42 Å². The smallest absolute Gasteiger partial charge is 0.0749 e. The summed E-state index contributed by atoms with van der Waals surface area (Å²) >= 11 is 0. The second kappa shape index (κ2) is 4.94. The molecule has 0 aromatic rings. The van der Waals surface area contributed by atoms with Crippen molar-refractivity contribution in [1.82, 2.24) is 5.32 Å². The van der Waals surface area contributed by atoms with Crippen LogP contribution in [0.2, 0.25) is 0 Å². The first kappa shape index (κ1) is 11.0. The minimum absolute atomic E-state index is 0.172. The first-order valence-electron chi connectivity index (χ1n) is 5.14. The van der Waals surface area contributed by atoms with E-state index in [1.54, 1.807) is 0 Å². The maximum atomic E-state index is 9.61. The molecule has 0 spiro atoms. The predicted molar refractivity (Wildman–Crippen MR) is 52.7 cm³/mol. The average Bonchev–Trinajstić information content (AvgIpc) is 2.07. The van der Waals surface area contributed by atoms with Crippen LogP contribution >= 0.6 is 0 Å². The van der Waals surface area contributed by atoms with E-state index in [1.807, 2.05) is 0 Å². The fraction of sp³-hybridized carbons (Fsp3) is 1.00. The number of hydrogen-bond donors (Lipinski definition) is 2. The van der Waals surface area contributed by atoms with Gasteiger partial charge in [0.1, 0.15) is 0 Å². The molecule has 78 valence electrons. The summed E-state index contributed by atoms with van der Waals surface area (Å²) in [6.45, 7) is 7.82. The molecule has 0 saturated carbocycles. The third kappa shape index (κ3) is 3.25. The lowest BCUT2D eigenvalue weighted by atomic mass is 9.93. The minimum atomic E-state index is -0.187. The molecule has 0 bridgehead atoms. The monoisotopic (exact) mass is 187 g/mol. The Bertz CT molecular complexity index is 150. The van der Waals surface area contributed by atoms with Crippen molar-refractivity contribution in [3.05, 3.63) is 0 Å². The molecule has 1 aliphatic rings. The Hall–Kier alpha value is -0.120. The Morgan fingerprint density at radius 2 is 2.23 bits per heavy atom. The van der Waals surface area contributed by atoms with Crippen molar-refractivity contribution in [1.29, 1.82) is 0 Å². The zero-order valence-corrected chi connectivity index (χ0v) is 8.79. The molecule has 0 aromatic carbocycles. The summed E-state index contributed by atoms with van der Waals surface area (Å²) in [5.41, 5.74) is 0. The van der Waals surface area contributed by atoms with Gasteiger partial charge >= 0.3 is 0 Å². The van der Waals surface area contributed by atoms with Gasteiger partial charge in [-0.2, -0.15) is 0 Å². The lowest BCUT2D eigenvalue weighted by Gasteiger charge is -2.33. The Morgan fingerprint density at radius 1 is 1.54 bits per heavy atom. The highest BCUT2D eigenvalue weighted by Crippen LogP contribution is 2.20. The van der Waals surface area contributed by atoms with Crippen LogP contribution in [0, 0.1) is 5.92 Å². The number of hydrogen-bond acceptors (Lipinski definition) is 3. The molecule has 3 heteroatoms. The quantitative estimate of drug-likeness (QED) is 0.685. The van der Waals surface area contributed by atoms with Crippen molar-refractivity contribution in [3.63, 3.8) is 0 Å². The van der Waals surface area contributed by atoms with Crippen LogP contribution in [0.4, 0.5) is 0 Å². The maximum Gasteiger partial charge on any atom is 0.0749 e. The van der Waals surface area contributed by atoms with Gasteiger partial charge in [0.05, 0.1) is 12.2 Å². The Labute approximate surface area is 80.5 Å². The summed E-state index contributed by atoms with van der Waals surface area (Å²) in [5, 5.41) is 12.9. The minimum Gasteiger partial charge on any atom is -0.393 e. The van der Waals surface area contributed by atoms with E-state index in [-0.39, 0.29) is 18.1 Å². The number of ether oxygens (including phenoxy) is 1. The van der Waals surface area contributed by atoms with Crippen LogP contribution in [-0.2, 0) is 4.74 Å². The Kier molecular flexibility index (Phi) is 4.16.